The fourth-order valence-corrected chi connectivity index (χ4v) is 2.63. The smallest absolute Gasteiger partial charge is 0.260 e. The Kier molecular flexibility index (Phi) is 3.68. The van der Waals surface area contributed by atoms with Gasteiger partial charge in [-0.1, -0.05) is 6.07 Å². The molecule has 0 bridgehead atoms. The van der Waals surface area contributed by atoms with Gasteiger partial charge in [0, 0.05) is 9.37 Å². The highest BCUT2D eigenvalue weighted by Crippen LogP contribution is 2.33. The predicted molar refractivity (Wildman–Crippen MR) is 65.4 cm³/mol. The Morgan fingerprint density at radius 1 is 1.50 bits per heavy atom. The standard InChI is InChI=1S/C11H10BrNO2S/c1-7-6-15-11(13-7)16-10-3-2-8(5-14)4-9(10)12/h2-4,6,14H,5H2,1H3. The van der Waals surface area contributed by atoms with E-state index in [1.165, 1.54) is 11.8 Å². The van der Waals surface area contributed by atoms with Crippen LogP contribution in [-0.4, -0.2) is 10.1 Å². The van der Waals surface area contributed by atoms with Crippen LogP contribution in [0.25, 0.3) is 0 Å². The van der Waals surface area contributed by atoms with E-state index in [4.69, 9.17) is 9.52 Å². The molecule has 84 valence electrons. The summed E-state index contributed by atoms with van der Waals surface area (Å²) in [6.45, 7) is 1.93. The number of nitrogens with zero attached hydrogens (tertiary/aromatic N) is 1. The van der Waals surface area contributed by atoms with Crippen LogP contribution in [-0.2, 0) is 6.61 Å². The molecule has 5 heteroatoms. The molecule has 0 aliphatic rings. The molecule has 3 nitrogen and oxygen atoms in total. The van der Waals surface area contributed by atoms with E-state index in [1.807, 2.05) is 25.1 Å². The Labute approximate surface area is 106 Å². The minimum absolute atomic E-state index is 0.0433. The maximum absolute atomic E-state index is 8.99. The van der Waals surface area contributed by atoms with Gasteiger partial charge in [-0.25, -0.2) is 4.98 Å². The molecule has 0 radical (unpaired) electrons. The molecule has 0 aliphatic carbocycles. The Morgan fingerprint density at radius 3 is 2.88 bits per heavy atom. The monoisotopic (exact) mass is 299 g/mol. The maximum atomic E-state index is 8.99. The molecule has 0 saturated heterocycles. The van der Waals surface area contributed by atoms with Crippen molar-refractivity contribution in [3.05, 3.63) is 40.2 Å². The third kappa shape index (κ3) is 2.66. The normalized spacial score (nSPS) is 10.7. The molecule has 0 spiro atoms. The molecule has 0 aliphatic heterocycles. The summed E-state index contributed by atoms with van der Waals surface area (Å²) < 4.78 is 6.19. The lowest BCUT2D eigenvalue weighted by molar-refractivity contribution is 0.281. The van der Waals surface area contributed by atoms with E-state index in [-0.39, 0.29) is 6.61 Å². The van der Waals surface area contributed by atoms with Crippen molar-refractivity contribution in [2.24, 2.45) is 0 Å². The van der Waals surface area contributed by atoms with Crippen LogP contribution >= 0.6 is 27.7 Å². The number of halogens is 1. The lowest BCUT2D eigenvalue weighted by Gasteiger charge is -2.03. The first kappa shape index (κ1) is 11.7. The van der Waals surface area contributed by atoms with Gasteiger partial charge < -0.3 is 9.52 Å². The second-order valence-electron chi connectivity index (χ2n) is 3.28. The summed E-state index contributed by atoms with van der Waals surface area (Å²) in [5, 5.41) is 9.61. The van der Waals surface area contributed by atoms with Gasteiger partial charge >= 0.3 is 0 Å². The Morgan fingerprint density at radius 2 is 2.31 bits per heavy atom. The highest BCUT2D eigenvalue weighted by molar-refractivity contribution is 9.10. The minimum Gasteiger partial charge on any atom is -0.439 e. The van der Waals surface area contributed by atoms with E-state index in [0.29, 0.717) is 5.22 Å². The van der Waals surface area contributed by atoms with Crippen LogP contribution in [0, 0.1) is 6.92 Å². The minimum atomic E-state index is 0.0433. The first-order valence-corrected chi connectivity index (χ1v) is 6.29. The summed E-state index contributed by atoms with van der Waals surface area (Å²) in [6.07, 6.45) is 1.62. The second kappa shape index (κ2) is 5.03. The second-order valence-corrected chi connectivity index (χ2v) is 5.13. The lowest BCUT2D eigenvalue weighted by atomic mass is 10.2. The third-order valence-corrected chi connectivity index (χ3v) is 3.83. The Hall–Kier alpha value is -0.780. The Bertz CT molecular complexity index is 498. The zero-order valence-electron chi connectivity index (χ0n) is 8.61. The van der Waals surface area contributed by atoms with Crippen molar-refractivity contribution in [2.75, 3.05) is 0 Å². The van der Waals surface area contributed by atoms with E-state index < -0.39 is 0 Å². The van der Waals surface area contributed by atoms with Gasteiger partial charge in [0.2, 0.25) is 0 Å². The molecule has 16 heavy (non-hydrogen) atoms. The van der Waals surface area contributed by atoms with Gasteiger partial charge in [0.1, 0.15) is 6.26 Å². The molecule has 1 N–H and O–H groups in total. The number of benzene rings is 1. The summed E-state index contributed by atoms with van der Waals surface area (Å²) in [5.74, 6) is 0. The van der Waals surface area contributed by atoms with Crippen LogP contribution in [0.3, 0.4) is 0 Å². The molecular weight excluding hydrogens is 290 g/mol. The molecule has 1 heterocycles. The molecule has 0 amide bonds. The van der Waals surface area contributed by atoms with Crippen LogP contribution in [0.15, 0.2) is 43.5 Å². The van der Waals surface area contributed by atoms with Gasteiger partial charge in [-0.05, 0) is 52.3 Å². The van der Waals surface area contributed by atoms with E-state index in [2.05, 4.69) is 20.9 Å². The average Bonchev–Trinajstić information content (AvgIpc) is 2.67. The van der Waals surface area contributed by atoms with E-state index in [1.54, 1.807) is 6.26 Å². The average molecular weight is 300 g/mol. The number of rotatable bonds is 3. The van der Waals surface area contributed by atoms with E-state index in [9.17, 15) is 0 Å². The molecule has 0 saturated carbocycles. The quantitative estimate of drug-likeness (QED) is 0.944. The van der Waals surface area contributed by atoms with Gasteiger partial charge in [0.25, 0.3) is 5.22 Å². The topological polar surface area (TPSA) is 46.3 Å². The first-order valence-electron chi connectivity index (χ1n) is 4.68. The van der Waals surface area contributed by atoms with Crippen molar-refractivity contribution in [1.29, 1.82) is 0 Å². The summed E-state index contributed by atoms with van der Waals surface area (Å²) in [4.78, 5) is 5.23. The van der Waals surface area contributed by atoms with E-state index in [0.717, 1.165) is 20.6 Å². The molecule has 0 unspecified atom stereocenters. The highest BCUT2D eigenvalue weighted by Gasteiger charge is 2.07. The summed E-state index contributed by atoms with van der Waals surface area (Å²) in [6, 6.07) is 5.70. The van der Waals surface area contributed by atoms with Crippen molar-refractivity contribution in [3.63, 3.8) is 0 Å². The van der Waals surface area contributed by atoms with Crippen LogP contribution in [0.4, 0.5) is 0 Å². The van der Waals surface area contributed by atoms with Crippen molar-refractivity contribution in [2.45, 2.75) is 23.6 Å². The van der Waals surface area contributed by atoms with Crippen LogP contribution < -0.4 is 0 Å². The van der Waals surface area contributed by atoms with Gasteiger partial charge in [-0.15, -0.1) is 0 Å². The van der Waals surface area contributed by atoms with Gasteiger partial charge in [-0.3, -0.25) is 0 Å². The van der Waals surface area contributed by atoms with Crippen molar-refractivity contribution in [3.8, 4) is 0 Å². The first-order chi connectivity index (χ1) is 7.69. The van der Waals surface area contributed by atoms with Crippen molar-refractivity contribution >= 4 is 27.7 Å². The summed E-state index contributed by atoms with van der Waals surface area (Å²) in [7, 11) is 0. The fraction of sp³-hybridized carbons (Fsp3) is 0.182. The molecule has 0 atom stereocenters. The van der Waals surface area contributed by atoms with Gasteiger partial charge in [0.15, 0.2) is 0 Å². The fourth-order valence-electron chi connectivity index (χ4n) is 1.20. The SMILES string of the molecule is Cc1coc(Sc2ccc(CO)cc2Br)n1. The maximum Gasteiger partial charge on any atom is 0.260 e. The highest BCUT2D eigenvalue weighted by atomic mass is 79.9. The number of oxazole rings is 1. The van der Waals surface area contributed by atoms with Crippen LogP contribution in [0.5, 0.6) is 0 Å². The third-order valence-electron chi connectivity index (χ3n) is 1.97. The zero-order valence-corrected chi connectivity index (χ0v) is 11.0. The van der Waals surface area contributed by atoms with Crippen LogP contribution in [0.1, 0.15) is 11.3 Å². The van der Waals surface area contributed by atoms with Gasteiger partial charge in [0.05, 0.1) is 12.3 Å². The van der Waals surface area contributed by atoms with Crippen LogP contribution in [0.2, 0.25) is 0 Å². The number of aromatic nitrogens is 1. The van der Waals surface area contributed by atoms with Crippen molar-refractivity contribution < 1.29 is 9.52 Å². The number of aliphatic hydroxyl groups is 1. The molecular formula is C11H10BrNO2S. The molecule has 2 aromatic rings. The zero-order chi connectivity index (χ0) is 11.5. The van der Waals surface area contributed by atoms with E-state index >= 15 is 0 Å². The summed E-state index contributed by atoms with van der Waals surface area (Å²) in [5.41, 5.74) is 1.74. The van der Waals surface area contributed by atoms with Gasteiger partial charge in [-0.2, -0.15) is 0 Å². The lowest BCUT2D eigenvalue weighted by Crippen LogP contribution is -1.84. The largest absolute Gasteiger partial charge is 0.439 e. The molecule has 1 aromatic heterocycles. The molecule has 0 fully saturated rings. The number of aliphatic hydroxyl groups excluding tert-OH is 1. The molecule has 1 aromatic carbocycles. The Balaban J connectivity index is 2.21. The predicted octanol–water partition coefficient (Wildman–Crippen LogP) is 3.39. The summed E-state index contributed by atoms with van der Waals surface area (Å²) >= 11 is 4.90. The number of hydrogen-bond donors (Lipinski definition) is 1. The molecule has 2 rings (SSSR count). The van der Waals surface area contributed by atoms with Crippen molar-refractivity contribution in [1.82, 2.24) is 4.98 Å². The number of hydrogen-bond acceptors (Lipinski definition) is 4. The number of aryl methyl sites for hydroxylation is 1.